The first-order valence-electron chi connectivity index (χ1n) is 7.27. The van der Waals surface area contributed by atoms with Crippen molar-refractivity contribution in [2.75, 3.05) is 6.61 Å². The normalized spacial score (nSPS) is 12.0. The number of unbranched alkanes of at least 4 members (excludes halogenated alkanes) is 1. The highest BCUT2D eigenvalue weighted by molar-refractivity contribution is 5.83. The van der Waals surface area contributed by atoms with Crippen LogP contribution < -0.4 is 4.74 Å². The van der Waals surface area contributed by atoms with Gasteiger partial charge in [-0.05, 0) is 57.7 Å². The van der Waals surface area contributed by atoms with Crippen LogP contribution >= 0.6 is 0 Å². The lowest BCUT2D eigenvalue weighted by Crippen LogP contribution is -2.08. The average Bonchev–Trinajstić information content (AvgIpc) is 2.48. The number of benzene rings is 1. The minimum Gasteiger partial charge on any atom is -0.494 e. The summed E-state index contributed by atoms with van der Waals surface area (Å²) in [5.74, 6) is 0.844. The highest BCUT2D eigenvalue weighted by Gasteiger charge is 2.15. The molecular weight excluding hydrogens is 264 g/mol. The van der Waals surface area contributed by atoms with E-state index in [4.69, 9.17) is 15.2 Å². The van der Waals surface area contributed by atoms with E-state index in [9.17, 15) is 0 Å². The Hall–Kier alpha value is -2.02. The predicted octanol–water partition coefficient (Wildman–Crippen LogP) is 4.18. The van der Waals surface area contributed by atoms with Crippen molar-refractivity contribution < 1.29 is 9.94 Å². The molecule has 114 valence electrons. The van der Waals surface area contributed by atoms with Crippen LogP contribution in [0.15, 0.2) is 29.4 Å². The molecule has 0 fully saturated rings. The SMILES string of the molecule is C/C(Cc1ccc(OCCCCC(C)(C)C#N)cc1)=N/O. The molecule has 0 amide bonds. The third kappa shape index (κ3) is 6.80. The molecule has 4 nitrogen and oxygen atoms in total. The first-order chi connectivity index (χ1) is 9.96. The van der Waals surface area contributed by atoms with Crippen molar-refractivity contribution in [3.8, 4) is 11.8 Å². The number of rotatable bonds is 8. The van der Waals surface area contributed by atoms with Gasteiger partial charge in [-0.2, -0.15) is 5.26 Å². The molecule has 0 atom stereocenters. The Bertz CT molecular complexity index is 499. The predicted molar refractivity (Wildman–Crippen MR) is 83.8 cm³/mol. The summed E-state index contributed by atoms with van der Waals surface area (Å²) in [7, 11) is 0. The highest BCUT2D eigenvalue weighted by atomic mass is 16.5. The second-order valence-electron chi connectivity index (χ2n) is 5.96. The molecule has 4 heteroatoms. The maximum absolute atomic E-state index is 8.93. The number of hydrogen-bond acceptors (Lipinski definition) is 4. The Labute approximate surface area is 127 Å². The van der Waals surface area contributed by atoms with E-state index in [0.29, 0.717) is 18.7 Å². The molecule has 1 N–H and O–H groups in total. The Morgan fingerprint density at radius 1 is 1.29 bits per heavy atom. The molecule has 0 bridgehead atoms. The lowest BCUT2D eigenvalue weighted by Gasteiger charge is -2.14. The van der Waals surface area contributed by atoms with Gasteiger partial charge in [-0.1, -0.05) is 17.3 Å². The lowest BCUT2D eigenvalue weighted by atomic mass is 9.89. The fraction of sp³-hybridized carbons (Fsp3) is 0.529. The van der Waals surface area contributed by atoms with E-state index in [1.54, 1.807) is 6.92 Å². The number of ether oxygens (including phenoxy) is 1. The monoisotopic (exact) mass is 288 g/mol. The van der Waals surface area contributed by atoms with Gasteiger partial charge in [0.15, 0.2) is 0 Å². The molecule has 1 aromatic rings. The molecule has 0 aliphatic rings. The number of oxime groups is 1. The Balaban J connectivity index is 2.29. The summed E-state index contributed by atoms with van der Waals surface area (Å²) < 4.78 is 5.68. The highest BCUT2D eigenvalue weighted by Crippen LogP contribution is 2.21. The first-order valence-corrected chi connectivity index (χ1v) is 7.27. The summed E-state index contributed by atoms with van der Waals surface area (Å²) in [6.07, 6.45) is 3.47. The van der Waals surface area contributed by atoms with Gasteiger partial charge in [-0.15, -0.1) is 0 Å². The summed E-state index contributed by atoms with van der Waals surface area (Å²) >= 11 is 0. The van der Waals surface area contributed by atoms with Crippen molar-refractivity contribution in [1.82, 2.24) is 0 Å². The molecule has 0 saturated carbocycles. The zero-order chi connectivity index (χ0) is 15.7. The molecule has 0 aliphatic heterocycles. The molecule has 0 unspecified atom stereocenters. The minimum absolute atomic E-state index is 0.242. The van der Waals surface area contributed by atoms with Gasteiger partial charge in [-0.25, -0.2) is 0 Å². The first kappa shape index (κ1) is 17.0. The van der Waals surface area contributed by atoms with Crippen LogP contribution in [0.4, 0.5) is 0 Å². The van der Waals surface area contributed by atoms with E-state index < -0.39 is 0 Å². The lowest BCUT2D eigenvalue weighted by molar-refractivity contribution is 0.295. The second-order valence-corrected chi connectivity index (χ2v) is 5.96. The van der Waals surface area contributed by atoms with E-state index in [0.717, 1.165) is 30.6 Å². The largest absolute Gasteiger partial charge is 0.494 e. The average molecular weight is 288 g/mol. The summed E-state index contributed by atoms with van der Waals surface area (Å²) in [6, 6.07) is 10.1. The Morgan fingerprint density at radius 2 is 1.95 bits per heavy atom. The van der Waals surface area contributed by atoms with Crippen LogP contribution in [0, 0.1) is 16.7 Å². The van der Waals surface area contributed by atoms with Crippen LogP contribution in [0.2, 0.25) is 0 Å². The van der Waals surface area contributed by atoms with Crippen molar-refractivity contribution in [2.45, 2.75) is 46.5 Å². The van der Waals surface area contributed by atoms with Gasteiger partial charge < -0.3 is 9.94 Å². The number of hydrogen-bond donors (Lipinski definition) is 1. The topological polar surface area (TPSA) is 65.6 Å². The zero-order valence-corrected chi connectivity index (χ0v) is 13.1. The molecule has 1 rings (SSSR count). The summed E-state index contributed by atoms with van der Waals surface area (Å²) in [6.45, 7) is 6.37. The van der Waals surface area contributed by atoms with E-state index in [1.165, 1.54) is 0 Å². The smallest absolute Gasteiger partial charge is 0.119 e. The fourth-order valence-corrected chi connectivity index (χ4v) is 1.95. The quantitative estimate of drug-likeness (QED) is 0.338. The molecule has 21 heavy (non-hydrogen) atoms. The van der Waals surface area contributed by atoms with Crippen molar-refractivity contribution >= 4 is 5.71 Å². The second kappa shape index (κ2) is 8.31. The van der Waals surface area contributed by atoms with Gasteiger partial charge in [0.25, 0.3) is 0 Å². The molecule has 0 aromatic heterocycles. The van der Waals surface area contributed by atoms with Gasteiger partial charge in [0.2, 0.25) is 0 Å². The van der Waals surface area contributed by atoms with Crippen molar-refractivity contribution in [3.63, 3.8) is 0 Å². The van der Waals surface area contributed by atoms with Gasteiger partial charge >= 0.3 is 0 Å². The third-order valence-electron chi connectivity index (χ3n) is 3.32. The maximum atomic E-state index is 8.93. The fourth-order valence-electron chi connectivity index (χ4n) is 1.95. The van der Waals surface area contributed by atoms with Crippen molar-refractivity contribution in [2.24, 2.45) is 10.6 Å². The summed E-state index contributed by atoms with van der Waals surface area (Å²) in [5, 5.41) is 20.7. The minimum atomic E-state index is -0.242. The summed E-state index contributed by atoms with van der Waals surface area (Å²) in [5.41, 5.74) is 1.53. The molecule has 0 aliphatic carbocycles. The van der Waals surface area contributed by atoms with Crippen LogP contribution in [0.1, 0.15) is 45.6 Å². The molecule has 0 spiro atoms. The van der Waals surface area contributed by atoms with Gasteiger partial charge in [0, 0.05) is 6.42 Å². The number of nitriles is 1. The standard InChI is InChI=1S/C17H24N2O2/c1-14(19-20)12-15-6-8-16(9-7-15)21-11-5-4-10-17(2,3)13-18/h6-9,20H,4-5,10-12H2,1-3H3/b19-14-. The molecular formula is C17H24N2O2. The van der Waals surface area contributed by atoms with Crippen LogP contribution in [0.5, 0.6) is 5.75 Å². The van der Waals surface area contributed by atoms with Gasteiger partial charge in [0.05, 0.1) is 23.8 Å². The molecule has 1 aromatic carbocycles. The molecule has 0 radical (unpaired) electrons. The van der Waals surface area contributed by atoms with E-state index in [1.807, 2.05) is 38.1 Å². The van der Waals surface area contributed by atoms with Crippen LogP contribution in [-0.4, -0.2) is 17.5 Å². The maximum Gasteiger partial charge on any atom is 0.119 e. The van der Waals surface area contributed by atoms with E-state index in [2.05, 4.69) is 11.2 Å². The van der Waals surface area contributed by atoms with Crippen LogP contribution in [0.3, 0.4) is 0 Å². The van der Waals surface area contributed by atoms with Crippen LogP contribution in [-0.2, 0) is 6.42 Å². The molecule has 0 saturated heterocycles. The van der Waals surface area contributed by atoms with Crippen LogP contribution in [0.25, 0.3) is 0 Å². The zero-order valence-electron chi connectivity index (χ0n) is 13.1. The number of nitrogens with zero attached hydrogens (tertiary/aromatic N) is 2. The van der Waals surface area contributed by atoms with Crippen molar-refractivity contribution in [1.29, 1.82) is 5.26 Å². The van der Waals surface area contributed by atoms with Gasteiger partial charge in [0.1, 0.15) is 5.75 Å². The third-order valence-corrected chi connectivity index (χ3v) is 3.32. The van der Waals surface area contributed by atoms with E-state index >= 15 is 0 Å². The Morgan fingerprint density at radius 3 is 2.52 bits per heavy atom. The summed E-state index contributed by atoms with van der Waals surface area (Å²) in [4.78, 5) is 0. The van der Waals surface area contributed by atoms with Crippen molar-refractivity contribution in [3.05, 3.63) is 29.8 Å². The molecule has 0 heterocycles. The Kier molecular flexibility index (Phi) is 6.74. The van der Waals surface area contributed by atoms with Gasteiger partial charge in [-0.3, -0.25) is 0 Å². The van der Waals surface area contributed by atoms with E-state index in [-0.39, 0.29) is 5.41 Å².